The maximum Gasteiger partial charge on any atom is 0.416 e. The van der Waals surface area contributed by atoms with Crippen molar-refractivity contribution in [2.75, 3.05) is 5.32 Å². The zero-order chi connectivity index (χ0) is 22.8. The van der Waals surface area contributed by atoms with E-state index in [0.717, 1.165) is 23.5 Å². The molecule has 0 atom stereocenters. The molecule has 0 bridgehead atoms. The summed E-state index contributed by atoms with van der Waals surface area (Å²) in [6.45, 7) is 3.36. The first kappa shape index (κ1) is 22.9. The third-order valence-electron chi connectivity index (χ3n) is 4.01. The van der Waals surface area contributed by atoms with Crippen LogP contribution in [0.4, 0.5) is 18.3 Å². The largest absolute Gasteiger partial charge is 0.416 e. The summed E-state index contributed by atoms with van der Waals surface area (Å²) < 4.78 is 65.8. The van der Waals surface area contributed by atoms with Crippen LogP contribution in [0.2, 0.25) is 0 Å². The van der Waals surface area contributed by atoms with E-state index in [-0.39, 0.29) is 32.9 Å². The molecule has 3 rings (SSSR count). The van der Waals surface area contributed by atoms with Gasteiger partial charge in [0.15, 0.2) is 5.13 Å². The number of sulfonamides is 1. The quantitative estimate of drug-likeness (QED) is 0.545. The van der Waals surface area contributed by atoms with Crippen molar-refractivity contribution in [1.29, 1.82) is 0 Å². The number of thiazole rings is 1. The molecule has 0 unspecified atom stereocenters. The lowest BCUT2D eigenvalue weighted by atomic mass is 10.1. The van der Waals surface area contributed by atoms with Crippen LogP contribution in [0.3, 0.4) is 0 Å². The van der Waals surface area contributed by atoms with Crippen molar-refractivity contribution >= 4 is 32.4 Å². The highest BCUT2D eigenvalue weighted by molar-refractivity contribution is 7.89. The summed E-state index contributed by atoms with van der Waals surface area (Å²) in [6, 6.07) is 9.92. The van der Waals surface area contributed by atoms with Gasteiger partial charge in [-0.05, 0) is 44.2 Å². The summed E-state index contributed by atoms with van der Waals surface area (Å²) in [5.74, 6) is -0.591. The molecule has 1 heterocycles. The van der Waals surface area contributed by atoms with Crippen molar-refractivity contribution in [2.45, 2.75) is 31.0 Å². The van der Waals surface area contributed by atoms with E-state index in [1.807, 2.05) is 0 Å². The number of benzene rings is 2. The second-order valence-corrected chi connectivity index (χ2v) is 9.45. The normalized spacial score (nSPS) is 12.2. The number of anilines is 1. The van der Waals surface area contributed by atoms with Gasteiger partial charge in [-0.15, -0.1) is 11.3 Å². The number of nitrogens with zero attached hydrogens (tertiary/aromatic N) is 1. The third-order valence-corrected chi connectivity index (χ3v) is 6.42. The molecule has 2 N–H and O–H groups in total. The van der Waals surface area contributed by atoms with Gasteiger partial charge < -0.3 is 0 Å². The number of halogens is 3. The van der Waals surface area contributed by atoms with Crippen LogP contribution in [-0.4, -0.2) is 25.4 Å². The van der Waals surface area contributed by atoms with E-state index in [1.165, 1.54) is 41.8 Å². The SMILES string of the molecule is CC(C)NS(=O)(=O)c1cccc(C(=O)Nc2nc(-c3cccc(C(F)(F)F)c3)cs2)c1. The monoisotopic (exact) mass is 469 g/mol. The first-order valence-electron chi connectivity index (χ1n) is 9.02. The number of hydrogen-bond acceptors (Lipinski definition) is 5. The van der Waals surface area contributed by atoms with Gasteiger partial charge in [-0.3, -0.25) is 10.1 Å². The molecule has 0 aliphatic rings. The van der Waals surface area contributed by atoms with Gasteiger partial charge in [-0.2, -0.15) is 13.2 Å². The van der Waals surface area contributed by atoms with Gasteiger partial charge in [0.1, 0.15) is 0 Å². The molecule has 1 aromatic heterocycles. The molecule has 3 aromatic rings. The van der Waals surface area contributed by atoms with Crippen molar-refractivity contribution in [3.05, 3.63) is 65.0 Å². The Morgan fingerprint density at radius 2 is 1.81 bits per heavy atom. The molecule has 0 radical (unpaired) electrons. The van der Waals surface area contributed by atoms with Crippen molar-refractivity contribution in [1.82, 2.24) is 9.71 Å². The molecule has 2 aromatic carbocycles. The number of nitrogens with one attached hydrogen (secondary N) is 2. The van der Waals surface area contributed by atoms with Gasteiger partial charge in [0.25, 0.3) is 5.91 Å². The first-order valence-corrected chi connectivity index (χ1v) is 11.4. The summed E-state index contributed by atoms with van der Waals surface area (Å²) in [4.78, 5) is 16.6. The Bertz CT molecular complexity index is 1210. The number of carbonyl (C=O) groups is 1. The van der Waals surface area contributed by atoms with Crippen molar-refractivity contribution < 1.29 is 26.4 Å². The van der Waals surface area contributed by atoms with E-state index in [2.05, 4.69) is 15.0 Å². The standard InChI is InChI=1S/C20H18F3N3O3S2/c1-12(2)26-31(28,29)16-8-4-6-14(10-16)18(27)25-19-24-17(11-30-19)13-5-3-7-15(9-13)20(21,22)23/h3-12,26H,1-2H3,(H,24,25,27). The number of amides is 1. The van der Waals surface area contributed by atoms with E-state index < -0.39 is 27.7 Å². The van der Waals surface area contributed by atoms with Crippen LogP contribution in [0.15, 0.2) is 58.8 Å². The number of rotatable bonds is 6. The maximum atomic E-state index is 12.9. The maximum absolute atomic E-state index is 12.9. The Balaban J connectivity index is 1.79. The van der Waals surface area contributed by atoms with Crippen LogP contribution in [0.25, 0.3) is 11.3 Å². The molecule has 0 saturated heterocycles. The van der Waals surface area contributed by atoms with Crippen molar-refractivity contribution in [3.63, 3.8) is 0 Å². The van der Waals surface area contributed by atoms with E-state index >= 15 is 0 Å². The molecule has 0 fully saturated rings. The van der Waals surface area contributed by atoms with Crippen LogP contribution < -0.4 is 10.0 Å². The van der Waals surface area contributed by atoms with Gasteiger partial charge in [0.2, 0.25) is 10.0 Å². The van der Waals surface area contributed by atoms with Gasteiger partial charge in [0, 0.05) is 22.5 Å². The zero-order valence-corrected chi connectivity index (χ0v) is 18.0. The molecule has 0 spiro atoms. The fourth-order valence-electron chi connectivity index (χ4n) is 2.67. The Kier molecular flexibility index (Phi) is 6.48. The fraction of sp³-hybridized carbons (Fsp3) is 0.200. The zero-order valence-electron chi connectivity index (χ0n) is 16.4. The minimum atomic E-state index is -4.47. The lowest BCUT2D eigenvalue weighted by Gasteiger charge is -2.10. The average molecular weight is 470 g/mol. The van der Waals surface area contributed by atoms with E-state index in [1.54, 1.807) is 13.8 Å². The molecule has 0 aliphatic heterocycles. The number of alkyl halides is 3. The Labute approximate surface area is 181 Å². The average Bonchev–Trinajstić information content (AvgIpc) is 3.15. The van der Waals surface area contributed by atoms with E-state index in [9.17, 15) is 26.4 Å². The summed E-state index contributed by atoms with van der Waals surface area (Å²) in [6.07, 6.45) is -4.47. The van der Waals surface area contributed by atoms with Crippen molar-refractivity contribution in [2.24, 2.45) is 0 Å². The van der Waals surface area contributed by atoms with Gasteiger partial charge in [0.05, 0.1) is 16.2 Å². The molecule has 6 nitrogen and oxygen atoms in total. The molecule has 0 aliphatic carbocycles. The molecule has 1 amide bonds. The first-order chi connectivity index (χ1) is 14.5. The van der Waals surface area contributed by atoms with Crippen molar-refractivity contribution in [3.8, 4) is 11.3 Å². The minimum Gasteiger partial charge on any atom is -0.298 e. The molecular weight excluding hydrogens is 451 g/mol. The highest BCUT2D eigenvalue weighted by Gasteiger charge is 2.30. The lowest BCUT2D eigenvalue weighted by molar-refractivity contribution is -0.137. The predicted octanol–water partition coefficient (Wildman–Crippen LogP) is 4.77. The summed E-state index contributed by atoms with van der Waals surface area (Å²) in [5, 5.41) is 4.24. The highest BCUT2D eigenvalue weighted by atomic mass is 32.2. The predicted molar refractivity (Wildman–Crippen MR) is 112 cm³/mol. The van der Waals surface area contributed by atoms with Crippen LogP contribution >= 0.6 is 11.3 Å². The third kappa shape index (κ3) is 5.69. The molecule has 31 heavy (non-hydrogen) atoms. The summed E-state index contributed by atoms with van der Waals surface area (Å²) in [5.41, 5.74) is -0.151. The van der Waals surface area contributed by atoms with Gasteiger partial charge in [-0.1, -0.05) is 18.2 Å². The summed E-state index contributed by atoms with van der Waals surface area (Å²) >= 11 is 1.04. The Morgan fingerprint density at radius 3 is 2.48 bits per heavy atom. The fourth-order valence-corrected chi connectivity index (χ4v) is 4.68. The van der Waals surface area contributed by atoms with Gasteiger partial charge in [-0.25, -0.2) is 18.1 Å². The molecule has 0 saturated carbocycles. The second-order valence-electron chi connectivity index (χ2n) is 6.87. The van der Waals surface area contributed by atoms with Crippen LogP contribution in [0, 0.1) is 0 Å². The highest BCUT2D eigenvalue weighted by Crippen LogP contribution is 2.33. The number of carbonyl (C=O) groups excluding carboxylic acids is 1. The van der Waals surface area contributed by atoms with Gasteiger partial charge >= 0.3 is 6.18 Å². The second kappa shape index (κ2) is 8.77. The van der Waals surface area contributed by atoms with Crippen LogP contribution in [0.5, 0.6) is 0 Å². The number of aromatic nitrogens is 1. The topological polar surface area (TPSA) is 88.2 Å². The smallest absolute Gasteiger partial charge is 0.298 e. The Morgan fingerprint density at radius 1 is 1.10 bits per heavy atom. The molecule has 11 heteroatoms. The van der Waals surface area contributed by atoms with Crippen LogP contribution in [-0.2, 0) is 16.2 Å². The van der Waals surface area contributed by atoms with Crippen LogP contribution in [0.1, 0.15) is 29.8 Å². The number of hydrogen-bond donors (Lipinski definition) is 2. The lowest BCUT2D eigenvalue weighted by Crippen LogP contribution is -2.30. The minimum absolute atomic E-state index is 0.0577. The van der Waals surface area contributed by atoms with E-state index in [4.69, 9.17) is 0 Å². The Hall–Kier alpha value is -2.76. The van der Waals surface area contributed by atoms with E-state index in [0.29, 0.717) is 0 Å². The summed E-state index contributed by atoms with van der Waals surface area (Å²) in [7, 11) is -3.77. The molecule has 164 valence electrons. The molecular formula is C20H18F3N3O3S2.